The first-order valence-electron chi connectivity index (χ1n) is 7.46. The minimum absolute atomic E-state index is 0.221. The van der Waals surface area contributed by atoms with Gasteiger partial charge in [-0.1, -0.05) is 11.6 Å². The minimum atomic E-state index is -0.337. The largest absolute Gasteiger partial charge is 0.321 e. The maximum atomic E-state index is 14.0. The molecule has 9 heteroatoms. The predicted molar refractivity (Wildman–Crippen MR) is 92.3 cm³/mol. The van der Waals surface area contributed by atoms with Crippen LogP contribution in [0.4, 0.5) is 16.0 Å². The van der Waals surface area contributed by atoms with Crippen molar-refractivity contribution in [2.45, 2.75) is 6.54 Å². The lowest BCUT2D eigenvalue weighted by atomic mass is 10.2. The Morgan fingerprint density at radius 3 is 2.88 bits per heavy atom. The van der Waals surface area contributed by atoms with Crippen LogP contribution < -0.4 is 5.32 Å². The number of aromatic nitrogens is 6. The number of rotatable bonds is 4. The summed E-state index contributed by atoms with van der Waals surface area (Å²) < 4.78 is 17.3. The molecule has 0 unspecified atom stereocenters. The summed E-state index contributed by atoms with van der Waals surface area (Å²) in [5.74, 6) is 0.0737. The average Bonchev–Trinajstić information content (AvgIpc) is 3.17. The zero-order chi connectivity index (χ0) is 17.4. The lowest BCUT2D eigenvalue weighted by Gasteiger charge is -2.06. The molecule has 3 aromatic heterocycles. The van der Waals surface area contributed by atoms with Gasteiger partial charge in [0, 0.05) is 30.0 Å². The van der Waals surface area contributed by atoms with E-state index in [9.17, 15) is 4.39 Å². The third kappa shape index (κ3) is 3.16. The highest BCUT2D eigenvalue weighted by molar-refractivity contribution is 6.30. The van der Waals surface area contributed by atoms with Crippen LogP contribution in [0.2, 0.25) is 5.02 Å². The van der Waals surface area contributed by atoms with Crippen LogP contribution in [0.3, 0.4) is 0 Å². The molecular weight excluding hydrogens is 345 g/mol. The fourth-order valence-corrected chi connectivity index (χ4v) is 2.68. The highest BCUT2D eigenvalue weighted by Gasteiger charge is 2.11. The zero-order valence-electron chi connectivity index (χ0n) is 13.2. The van der Waals surface area contributed by atoms with Crippen LogP contribution in [0, 0.1) is 5.82 Å². The molecule has 4 aromatic rings. The van der Waals surface area contributed by atoms with Crippen molar-refractivity contribution < 1.29 is 4.39 Å². The Labute approximate surface area is 147 Å². The Hall–Kier alpha value is -3.00. The van der Waals surface area contributed by atoms with Crippen molar-refractivity contribution in [2.24, 2.45) is 7.05 Å². The third-order valence-electron chi connectivity index (χ3n) is 3.67. The number of hydrogen-bond donors (Lipinski definition) is 1. The van der Waals surface area contributed by atoms with Gasteiger partial charge >= 0.3 is 0 Å². The van der Waals surface area contributed by atoms with Gasteiger partial charge in [0.1, 0.15) is 5.82 Å². The number of benzene rings is 1. The molecule has 0 aliphatic carbocycles. The van der Waals surface area contributed by atoms with Gasteiger partial charge in [-0.15, -0.1) is 0 Å². The molecule has 1 aromatic carbocycles. The minimum Gasteiger partial charge on any atom is -0.321 e. The monoisotopic (exact) mass is 357 g/mol. The van der Waals surface area contributed by atoms with E-state index in [1.54, 1.807) is 34.0 Å². The molecule has 3 heterocycles. The zero-order valence-corrected chi connectivity index (χ0v) is 13.9. The van der Waals surface area contributed by atoms with Crippen LogP contribution in [0.1, 0.15) is 5.56 Å². The highest BCUT2D eigenvalue weighted by atomic mass is 35.5. The number of anilines is 2. The van der Waals surface area contributed by atoms with Crippen molar-refractivity contribution in [1.82, 2.24) is 29.5 Å². The number of hydrogen-bond acceptors (Lipinski definition) is 5. The Balaban J connectivity index is 1.67. The first-order valence-corrected chi connectivity index (χ1v) is 7.84. The summed E-state index contributed by atoms with van der Waals surface area (Å²) in [7, 11) is 1.82. The van der Waals surface area contributed by atoms with E-state index < -0.39 is 0 Å². The third-order valence-corrected chi connectivity index (χ3v) is 3.90. The molecule has 0 spiro atoms. The molecule has 0 bridgehead atoms. The van der Waals surface area contributed by atoms with E-state index in [2.05, 4.69) is 25.5 Å². The second-order valence-electron chi connectivity index (χ2n) is 5.54. The lowest BCUT2D eigenvalue weighted by Crippen LogP contribution is -2.06. The smallest absolute Gasteiger partial charge is 0.229 e. The second-order valence-corrected chi connectivity index (χ2v) is 5.97. The summed E-state index contributed by atoms with van der Waals surface area (Å²) in [6.45, 7) is 0.221. The molecule has 1 N–H and O–H groups in total. The van der Waals surface area contributed by atoms with Gasteiger partial charge in [0.05, 0.1) is 30.0 Å². The maximum Gasteiger partial charge on any atom is 0.229 e. The van der Waals surface area contributed by atoms with Gasteiger partial charge in [-0.25, -0.2) is 14.1 Å². The van der Waals surface area contributed by atoms with Gasteiger partial charge < -0.3 is 5.32 Å². The van der Waals surface area contributed by atoms with Crippen molar-refractivity contribution in [3.05, 3.63) is 59.4 Å². The Morgan fingerprint density at radius 1 is 1.20 bits per heavy atom. The molecular formula is C16H13ClFN7. The van der Waals surface area contributed by atoms with E-state index in [0.29, 0.717) is 22.2 Å². The van der Waals surface area contributed by atoms with E-state index in [0.717, 1.165) is 11.1 Å². The SMILES string of the molecule is Cn1cc(Nc2ncc3cnn(Cc4cc(Cl)ccc4F)c3n2)cn1. The summed E-state index contributed by atoms with van der Waals surface area (Å²) >= 11 is 5.95. The van der Waals surface area contributed by atoms with Gasteiger partial charge in [-0.2, -0.15) is 15.2 Å². The average molecular weight is 358 g/mol. The van der Waals surface area contributed by atoms with Gasteiger partial charge in [0.2, 0.25) is 5.95 Å². The fraction of sp³-hybridized carbons (Fsp3) is 0.125. The van der Waals surface area contributed by atoms with Gasteiger partial charge in [-0.3, -0.25) is 4.68 Å². The van der Waals surface area contributed by atoms with Crippen LogP contribution in [0.15, 0.2) is 43.0 Å². The van der Waals surface area contributed by atoms with Crippen molar-refractivity contribution in [3.63, 3.8) is 0 Å². The first-order chi connectivity index (χ1) is 12.1. The molecule has 0 saturated heterocycles. The van der Waals surface area contributed by atoms with E-state index in [-0.39, 0.29) is 12.4 Å². The maximum absolute atomic E-state index is 14.0. The Kier molecular flexibility index (Phi) is 3.81. The van der Waals surface area contributed by atoms with Crippen molar-refractivity contribution >= 4 is 34.3 Å². The molecule has 0 atom stereocenters. The molecule has 0 aliphatic rings. The number of aryl methyl sites for hydroxylation is 1. The molecule has 4 rings (SSSR count). The molecule has 25 heavy (non-hydrogen) atoms. The van der Waals surface area contributed by atoms with Crippen LogP contribution >= 0.6 is 11.6 Å². The summed E-state index contributed by atoms with van der Waals surface area (Å²) in [6.07, 6.45) is 6.79. The Bertz CT molecular complexity index is 1060. The topological polar surface area (TPSA) is 73.5 Å². The van der Waals surface area contributed by atoms with Crippen LogP contribution in [0.5, 0.6) is 0 Å². The molecule has 0 saturated carbocycles. The van der Waals surface area contributed by atoms with E-state index in [4.69, 9.17) is 11.6 Å². The standard InChI is InChI=1S/C16H13ClFN7/c1-24-9-13(7-20-24)22-16-19-5-11-6-21-25(15(11)23-16)8-10-4-12(17)2-3-14(10)18/h2-7,9H,8H2,1H3,(H,19,22,23). The number of nitrogens with one attached hydrogen (secondary N) is 1. The molecule has 0 fully saturated rings. The quantitative estimate of drug-likeness (QED) is 0.607. The normalized spacial score (nSPS) is 11.2. The molecule has 0 radical (unpaired) electrons. The molecule has 0 amide bonds. The summed E-state index contributed by atoms with van der Waals surface area (Å²) in [5, 5.41) is 12.7. The van der Waals surface area contributed by atoms with Crippen molar-refractivity contribution in [3.8, 4) is 0 Å². The number of nitrogens with zero attached hydrogens (tertiary/aromatic N) is 6. The summed E-state index contributed by atoms with van der Waals surface area (Å²) in [6, 6.07) is 4.44. The molecule has 126 valence electrons. The van der Waals surface area contributed by atoms with Gasteiger partial charge in [0.15, 0.2) is 5.65 Å². The van der Waals surface area contributed by atoms with Gasteiger partial charge in [-0.05, 0) is 18.2 Å². The highest BCUT2D eigenvalue weighted by Crippen LogP contribution is 2.19. The summed E-state index contributed by atoms with van der Waals surface area (Å²) in [5.41, 5.74) is 1.81. The lowest BCUT2D eigenvalue weighted by molar-refractivity contribution is 0.589. The van der Waals surface area contributed by atoms with E-state index in [1.165, 1.54) is 12.1 Å². The van der Waals surface area contributed by atoms with Gasteiger partial charge in [0.25, 0.3) is 0 Å². The Morgan fingerprint density at radius 2 is 2.08 bits per heavy atom. The van der Waals surface area contributed by atoms with Crippen molar-refractivity contribution in [1.29, 1.82) is 0 Å². The fourth-order valence-electron chi connectivity index (χ4n) is 2.48. The summed E-state index contributed by atoms with van der Waals surface area (Å²) in [4.78, 5) is 8.73. The number of fused-ring (bicyclic) bond motifs is 1. The predicted octanol–water partition coefficient (Wildman–Crippen LogP) is 3.14. The second kappa shape index (κ2) is 6.14. The first kappa shape index (κ1) is 15.5. The van der Waals surface area contributed by atoms with E-state index in [1.807, 2.05) is 13.2 Å². The molecule has 7 nitrogen and oxygen atoms in total. The van der Waals surface area contributed by atoms with Crippen molar-refractivity contribution in [2.75, 3.05) is 5.32 Å². The van der Waals surface area contributed by atoms with Crippen LogP contribution in [-0.4, -0.2) is 29.5 Å². The van der Waals surface area contributed by atoms with Crippen LogP contribution in [-0.2, 0) is 13.6 Å². The number of halogens is 2. The van der Waals surface area contributed by atoms with E-state index >= 15 is 0 Å². The van der Waals surface area contributed by atoms with Crippen LogP contribution in [0.25, 0.3) is 11.0 Å². The molecule has 0 aliphatic heterocycles.